The number of nitrogens with one attached hydrogen (secondary N) is 1. The van der Waals surface area contributed by atoms with E-state index in [1.165, 1.54) is 0 Å². The van der Waals surface area contributed by atoms with Crippen molar-refractivity contribution in [1.82, 2.24) is 5.32 Å². The van der Waals surface area contributed by atoms with Crippen LogP contribution in [0.5, 0.6) is 0 Å². The van der Waals surface area contributed by atoms with Gasteiger partial charge < -0.3 is 108 Å². The molecule has 8 heterocycles. The highest BCUT2D eigenvalue weighted by Gasteiger charge is 2.62. The van der Waals surface area contributed by atoms with Gasteiger partial charge in [0.1, 0.15) is 30.5 Å². The molecule has 1 amide bonds. The van der Waals surface area contributed by atoms with Crippen molar-refractivity contribution < 1.29 is 122 Å². The third-order valence-corrected chi connectivity index (χ3v) is 29.8. The molecule has 0 radical (unpaired) electrons. The Morgan fingerprint density at radius 3 is 1.58 bits per heavy atom. The van der Waals surface area contributed by atoms with E-state index in [0.717, 1.165) is 19.3 Å². The molecule has 0 aromatic rings. The molecule has 0 aliphatic carbocycles. The lowest BCUT2D eigenvalue weighted by atomic mass is 9.87. The molecule has 8 rings (SSSR count). The molecule has 0 aromatic heterocycles. The lowest BCUT2D eigenvalue weighted by Crippen LogP contribution is -2.58. The molecular formula is C53H107NO27Si8. The highest BCUT2D eigenvalue weighted by molar-refractivity contribution is 6.67. The van der Waals surface area contributed by atoms with E-state index >= 15 is 0 Å². The Kier molecular flexibility index (Phi) is 31.1. The molecule has 0 saturated carbocycles. The summed E-state index contributed by atoms with van der Waals surface area (Å²) in [5.41, 5.74) is -0.314. The van der Waals surface area contributed by atoms with Crippen molar-refractivity contribution in [2.24, 2.45) is 5.41 Å². The number of aliphatic hydroxyl groups is 1. The smallest absolute Gasteiger partial charge is 0.509 e. The molecule has 11 unspecified atom stereocenters. The molecule has 11 atom stereocenters. The molecule has 36 heteroatoms. The van der Waals surface area contributed by atoms with Gasteiger partial charge in [0.15, 0.2) is 11.9 Å². The Balaban J connectivity index is 0.000000245. The van der Waals surface area contributed by atoms with E-state index in [-0.39, 0.29) is 66.1 Å². The van der Waals surface area contributed by atoms with Gasteiger partial charge in [-0.1, -0.05) is 33.6 Å². The fraction of sp³-hybridized carbons (Fsp3) is 0.887. The van der Waals surface area contributed by atoms with Crippen molar-refractivity contribution in [3.63, 3.8) is 0 Å². The third kappa shape index (κ3) is 24.4. The number of amides is 1. The van der Waals surface area contributed by atoms with E-state index in [2.05, 4.69) is 12.2 Å². The summed E-state index contributed by atoms with van der Waals surface area (Å²) in [4.78, 5) is 46.2. The monoisotopic (exact) mass is 1410 g/mol. The molecule has 8 aliphatic rings. The molecule has 0 aromatic carbocycles. The zero-order chi connectivity index (χ0) is 66.9. The number of hydrogen-bond acceptors (Lipinski definition) is 27. The molecule has 0 spiro atoms. The average molecular weight is 1420 g/mol. The highest BCUT2D eigenvalue weighted by atomic mass is 28.4. The van der Waals surface area contributed by atoms with Crippen molar-refractivity contribution in [2.75, 3.05) is 79.2 Å². The van der Waals surface area contributed by atoms with Crippen LogP contribution in [0.1, 0.15) is 101 Å². The molecule has 518 valence electrons. The van der Waals surface area contributed by atoms with Crippen LogP contribution in [0.4, 0.5) is 0 Å². The second-order valence-corrected chi connectivity index (χ2v) is 46.5. The summed E-state index contributed by atoms with van der Waals surface area (Å²) in [6.45, 7) is 45.3. The summed E-state index contributed by atoms with van der Waals surface area (Å²) in [7, 11) is -19.9. The Morgan fingerprint density at radius 2 is 1.11 bits per heavy atom. The van der Waals surface area contributed by atoms with Crippen molar-refractivity contribution in [3.8, 4) is 0 Å². The molecule has 6 fully saturated rings. The number of carbonyl (C=O) groups excluding carboxylic acids is 4. The van der Waals surface area contributed by atoms with Crippen LogP contribution in [0.2, 0.25) is 72.0 Å². The maximum atomic E-state index is 12.0. The van der Waals surface area contributed by atoms with Crippen molar-refractivity contribution in [1.29, 1.82) is 0 Å². The molecule has 28 nitrogen and oxygen atoms in total. The second-order valence-electron chi connectivity index (χ2n) is 24.2. The van der Waals surface area contributed by atoms with E-state index in [9.17, 15) is 19.2 Å². The third-order valence-electron chi connectivity index (χ3n) is 14.0. The van der Waals surface area contributed by atoms with Gasteiger partial charge in [-0.05, 0) is 87.5 Å². The average Bonchev–Trinajstić information content (AvgIpc) is 1.75. The lowest BCUT2D eigenvalue weighted by molar-refractivity contribution is -0.146. The standard InChI is InChI=1S/C15H32O9Si3.C11H23NO4Si.C11H24O4Si.C10H16O6Si2.C6H12O4Si/c1-7-16-25(4)19-10-12(21-25)14-15(24-27(6,23-14)18-9-3)13-11-20-26(5,22-13)17-8-2;1-11(2)8-15-17(3,4)16-9(11)10(14)12-6-5-7-13;1-5-8-9-10-11(12)15-16(4,13-6-2)14-7-3;1-17(2)12-5-6(14-17)7-8-9(10(11)13-7)16-18(3,4)15-8;1-4-8-11(3)9-5(2)6(7)10-11/h12-15H,7-11H2,1-6H3;9,13H,5-8H2,1-4H3,(H,12,14);5-10H2,1-4H3;6-7H,5H2,1-4H3;5H,4H2,1-3H3. The topological polar surface area (TPSA) is 304 Å². The van der Waals surface area contributed by atoms with Crippen LogP contribution in [0.3, 0.4) is 0 Å². The van der Waals surface area contributed by atoms with E-state index < -0.39 is 94.0 Å². The minimum atomic E-state index is -2.80. The number of ether oxygens (including phenoxy) is 1. The number of aliphatic hydroxyl groups excluding tert-OH is 1. The molecule has 89 heavy (non-hydrogen) atoms. The van der Waals surface area contributed by atoms with Gasteiger partial charge in [-0.3, -0.25) is 14.4 Å². The van der Waals surface area contributed by atoms with Crippen LogP contribution in [-0.4, -0.2) is 227 Å². The summed E-state index contributed by atoms with van der Waals surface area (Å²) >= 11 is 0. The van der Waals surface area contributed by atoms with Crippen LogP contribution < -0.4 is 5.32 Å². The van der Waals surface area contributed by atoms with E-state index in [4.69, 9.17) is 103 Å². The largest absolute Gasteiger partial charge is 0.565 e. The quantitative estimate of drug-likeness (QED) is 0.0605. The van der Waals surface area contributed by atoms with Gasteiger partial charge in [-0.25, -0.2) is 4.79 Å². The normalized spacial score (nSPS) is 33.6. The first-order valence-corrected chi connectivity index (χ1v) is 50.8. The summed E-state index contributed by atoms with van der Waals surface area (Å²) in [5, 5.41) is 11.5. The Bertz CT molecular complexity index is 2250. The minimum Gasteiger partial charge on any atom is -0.509 e. The van der Waals surface area contributed by atoms with Crippen LogP contribution in [0.15, 0.2) is 11.5 Å². The Hall–Kier alpha value is -1.76. The van der Waals surface area contributed by atoms with Gasteiger partial charge in [-0.15, -0.1) is 0 Å². The highest BCUT2D eigenvalue weighted by Crippen LogP contribution is 2.41. The summed E-state index contributed by atoms with van der Waals surface area (Å²) < 4.78 is 125. The number of esters is 1. The van der Waals surface area contributed by atoms with Crippen LogP contribution in [-0.2, 0) is 117 Å². The number of rotatable bonds is 24. The van der Waals surface area contributed by atoms with Crippen LogP contribution >= 0.6 is 0 Å². The van der Waals surface area contributed by atoms with Crippen molar-refractivity contribution in [2.45, 2.75) is 222 Å². The predicted molar refractivity (Wildman–Crippen MR) is 338 cm³/mol. The number of hydrogen-bond donors (Lipinski definition) is 2. The Labute approximate surface area is 536 Å². The Morgan fingerprint density at radius 1 is 0.596 bits per heavy atom. The van der Waals surface area contributed by atoms with Gasteiger partial charge in [0.2, 0.25) is 11.7 Å². The first kappa shape index (κ1) is 79.7. The number of cyclic esters (lactones) is 1. The van der Waals surface area contributed by atoms with Gasteiger partial charge in [0.05, 0.1) is 32.0 Å². The zero-order valence-electron chi connectivity index (χ0n) is 56.7. The first-order valence-electron chi connectivity index (χ1n) is 31.3. The van der Waals surface area contributed by atoms with Gasteiger partial charge in [0, 0.05) is 117 Å². The maximum absolute atomic E-state index is 12.0. The molecule has 8 aliphatic heterocycles. The second kappa shape index (κ2) is 34.8. The van der Waals surface area contributed by atoms with E-state index in [1.807, 2.05) is 114 Å². The molecule has 2 N–H and O–H groups in total. The van der Waals surface area contributed by atoms with Gasteiger partial charge in [0.25, 0.3) is 5.97 Å². The van der Waals surface area contributed by atoms with Gasteiger partial charge >= 0.3 is 81.6 Å². The minimum absolute atomic E-state index is 0.0819. The summed E-state index contributed by atoms with van der Waals surface area (Å²) in [5.74, 6) is -0.351. The summed E-state index contributed by atoms with van der Waals surface area (Å²) in [6, 6.07) is 0. The van der Waals surface area contributed by atoms with Gasteiger partial charge in [-0.2, -0.15) is 0 Å². The summed E-state index contributed by atoms with van der Waals surface area (Å²) in [6.07, 6.45) is 1.000. The predicted octanol–water partition coefficient (Wildman–Crippen LogP) is 6.34. The lowest BCUT2D eigenvalue weighted by Gasteiger charge is -2.43. The fourth-order valence-electron chi connectivity index (χ4n) is 10.1. The molecule has 6 saturated heterocycles. The number of unbranched alkanes of at least 4 members (excludes halogenated alkanes) is 2. The number of carbonyl (C=O) groups is 4. The van der Waals surface area contributed by atoms with Crippen LogP contribution in [0.25, 0.3) is 0 Å². The molecular weight excluding hydrogens is 1310 g/mol. The zero-order valence-corrected chi connectivity index (χ0v) is 64.7. The maximum Gasteiger partial charge on any atom is 0.565 e. The SMILES string of the molecule is CC1(C)CO[Si](C)(C)OC1C(=O)NCCCO.CCCCCC(=O)O[Si](C)(OCC)OCC.CCO[Si]1(C)OC(=O)C(C)O1.CCO[Si]1(C)OCC(C2O[Si](C)(OCC)OC2C2CO[Si](C)(OCC)O2)O1.C[Si]1(C)OC2=C(O1)C(C1CO[Si](C)(C)O1)OC2=O. The fourth-order valence-corrected chi connectivity index (χ4v) is 24.8. The van der Waals surface area contributed by atoms with Crippen molar-refractivity contribution in [3.05, 3.63) is 11.5 Å². The van der Waals surface area contributed by atoms with E-state index in [1.54, 1.807) is 20.0 Å². The first-order chi connectivity index (χ1) is 41.5. The van der Waals surface area contributed by atoms with E-state index in [0.29, 0.717) is 91.2 Å². The molecule has 0 bridgehead atoms. The van der Waals surface area contributed by atoms with Crippen molar-refractivity contribution >= 4 is 93.5 Å². The van der Waals surface area contributed by atoms with Crippen LogP contribution in [0, 0.1) is 5.41 Å².